The van der Waals surface area contributed by atoms with E-state index in [1.165, 1.54) is 0 Å². The Bertz CT molecular complexity index is 140. The molecule has 0 aromatic heterocycles. The third-order valence-electron chi connectivity index (χ3n) is 2.56. The van der Waals surface area contributed by atoms with Gasteiger partial charge in [0.15, 0.2) is 0 Å². The minimum absolute atomic E-state index is 0.268. The molecule has 5 heteroatoms. The van der Waals surface area contributed by atoms with E-state index in [0.29, 0.717) is 25.9 Å². The molecule has 0 aromatic rings. The third-order valence-corrected chi connectivity index (χ3v) is 2.56. The molecule has 0 aliphatic rings. The van der Waals surface area contributed by atoms with Gasteiger partial charge >= 0.3 is 0 Å². The van der Waals surface area contributed by atoms with Crippen molar-refractivity contribution in [2.24, 2.45) is 0 Å². The average molecular weight is 235 g/mol. The van der Waals surface area contributed by atoms with Gasteiger partial charge in [-0.05, 0) is 12.8 Å². The molecule has 3 unspecified atom stereocenters. The molecule has 0 bridgehead atoms. The Balaban J connectivity index is 4.15. The van der Waals surface area contributed by atoms with Crippen LogP contribution in [0.3, 0.4) is 0 Å². The number of nitrogens with zero attached hydrogens (tertiary/aromatic N) is 1. The maximum Gasteiger partial charge on any atom is 0.0897 e. The van der Waals surface area contributed by atoms with Crippen molar-refractivity contribution in [3.8, 4) is 0 Å². The summed E-state index contributed by atoms with van der Waals surface area (Å²) in [5.41, 5.74) is 0. The van der Waals surface area contributed by atoms with E-state index in [9.17, 15) is 15.3 Å². The molecule has 16 heavy (non-hydrogen) atoms. The summed E-state index contributed by atoms with van der Waals surface area (Å²) in [5.74, 6) is 0. The molecule has 0 aliphatic heterocycles. The lowest BCUT2D eigenvalue weighted by molar-refractivity contribution is 0.0178. The summed E-state index contributed by atoms with van der Waals surface area (Å²) in [6.45, 7) is 4.53. The molecule has 0 aromatic carbocycles. The topological polar surface area (TPSA) is 84.2 Å². The van der Waals surface area contributed by atoms with Gasteiger partial charge in [0.25, 0.3) is 0 Å². The number of hydrogen-bond donors (Lipinski definition) is 4. The lowest BCUT2D eigenvalue weighted by atomic mass is 10.2. The fourth-order valence-electron chi connectivity index (χ4n) is 1.43. The standard InChI is InChI=1S/C11H25NO4/c1-3-9(14)5-12(6-10(15)4-2)7-11(16)8-13/h9-11,13-16H,3-8H2,1-2H3. The molecule has 0 fully saturated rings. The van der Waals surface area contributed by atoms with Gasteiger partial charge in [0, 0.05) is 19.6 Å². The molecule has 0 heterocycles. The van der Waals surface area contributed by atoms with Gasteiger partial charge in [-0.1, -0.05) is 13.8 Å². The van der Waals surface area contributed by atoms with Crippen LogP contribution < -0.4 is 0 Å². The zero-order chi connectivity index (χ0) is 12.6. The summed E-state index contributed by atoms with van der Waals surface area (Å²) in [6, 6.07) is 0. The summed E-state index contributed by atoms with van der Waals surface area (Å²) in [6.07, 6.45) is -0.486. The number of hydrogen-bond acceptors (Lipinski definition) is 5. The predicted octanol–water partition coefficient (Wildman–Crippen LogP) is -0.817. The van der Waals surface area contributed by atoms with Gasteiger partial charge < -0.3 is 20.4 Å². The number of rotatable bonds is 9. The number of aliphatic hydroxyl groups excluding tert-OH is 4. The Morgan fingerprint density at radius 1 is 0.812 bits per heavy atom. The molecule has 98 valence electrons. The maximum absolute atomic E-state index is 9.53. The molecule has 0 saturated heterocycles. The molecule has 0 radical (unpaired) electrons. The van der Waals surface area contributed by atoms with E-state index in [1.807, 2.05) is 13.8 Å². The van der Waals surface area contributed by atoms with E-state index in [1.54, 1.807) is 4.90 Å². The van der Waals surface area contributed by atoms with Crippen LogP contribution in [0.25, 0.3) is 0 Å². The largest absolute Gasteiger partial charge is 0.394 e. The highest BCUT2D eigenvalue weighted by Gasteiger charge is 2.16. The van der Waals surface area contributed by atoms with E-state index in [0.717, 1.165) is 0 Å². The van der Waals surface area contributed by atoms with Crippen molar-refractivity contribution in [3.05, 3.63) is 0 Å². The van der Waals surface area contributed by atoms with Gasteiger partial charge in [-0.15, -0.1) is 0 Å². The smallest absolute Gasteiger partial charge is 0.0897 e. The van der Waals surface area contributed by atoms with Crippen molar-refractivity contribution < 1.29 is 20.4 Å². The van der Waals surface area contributed by atoms with Crippen LogP contribution in [0.4, 0.5) is 0 Å². The van der Waals surface area contributed by atoms with Crippen LogP contribution in [0.15, 0.2) is 0 Å². The van der Waals surface area contributed by atoms with Crippen molar-refractivity contribution >= 4 is 0 Å². The van der Waals surface area contributed by atoms with Gasteiger partial charge in [-0.3, -0.25) is 4.90 Å². The quantitative estimate of drug-likeness (QED) is 0.420. The van der Waals surface area contributed by atoms with Crippen LogP contribution in [0.1, 0.15) is 26.7 Å². The fraction of sp³-hybridized carbons (Fsp3) is 1.00. The van der Waals surface area contributed by atoms with Crippen molar-refractivity contribution in [3.63, 3.8) is 0 Å². The highest BCUT2D eigenvalue weighted by atomic mass is 16.3. The Kier molecular flexibility index (Phi) is 8.78. The van der Waals surface area contributed by atoms with E-state index < -0.39 is 18.3 Å². The minimum atomic E-state index is -0.826. The molecular weight excluding hydrogens is 210 g/mol. The zero-order valence-corrected chi connectivity index (χ0v) is 10.2. The highest BCUT2D eigenvalue weighted by molar-refractivity contribution is 4.70. The van der Waals surface area contributed by atoms with E-state index in [4.69, 9.17) is 5.11 Å². The molecule has 3 atom stereocenters. The first-order chi connectivity index (χ1) is 7.53. The minimum Gasteiger partial charge on any atom is -0.394 e. The lowest BCUT2D eigenvalue weighted by Gasteiger charge is -2.28. The first-order valence-corrected chi connectivity index (χ1v) is 5.90. The Morgan fingerprint density at radius 3 is 1.50 bits per heavy atom. The molecule has 4 N–H and O–H groups in total. The molecule has 0 saturated carbocycles. The summed E-state index contributed by atoms with van der Waals surface area (Å²) in [4.78, 5) is 1.78. The number of aliphatic hydroxyl groups is 4. The second kappa shape index (κ2) is 8.90. The first kappa shape index (κ1) is 15.8. The van der Waals surface area contributed by atoms with Crippen LogP contribution in [-0.4, -0.2) is 69.9 Å². The Morgan fingerprint density at radius 2 is 1.19 bits per heavy atom. The van der Waals surface area contributed by atoms with Crippen LogP contribution in [0.5, 0.6) is 0 Å². The molecule has 0 rings (SSSR count). The molecule has 0 amide bonds. The predicted molar refractivity (Wildman–Crippen MR) is 62.1 cm³/mol. The summed E-state index contributed by atoms with van der Waals surface area (Å²) in [5, 5.41) is 37.2. The van der Waals surface area contributed by atoms with Gasteiger partial charge in [-0.25, -0.2) is 0 Å². The van der Waals surface area contributed by atoms with E-state index >= 15 is 0 Å². The second-order valence-corrected chi connectivity index (χ2v) is 4.18. The zero-order valence-electron chi connectivity index (χ0n) is 10.2. The Hall–Kier alpha value is -0.200. The second-order valence-electron chi connectivity index (χ2n) is 4.18. The normalized spacial score (nSPS) is 17.4. The molecule has 0 spiro atoms. The Labute approximate surface area is 97.3 Å². The van der Waals surface area contributed by atoms with Crippen molar-refractivity contribution in [1.29, 1.82) is 0 Å². The highest BCUT2D eigenvalue weighted by Crippen LogP contribution is 2.02. The molecular formula is C11H25NO4. The monoisotopic (exact) mass is 235 g/mol. The molecule has 0 aliphatic carbocycles. The van der Waals surface area contributed by atoms with Crippen LogP contribution in [0, 0.1) is 0 Å². The average Bonchev–Trinajstić information content (AvgIpc) is 2.28. The van der Waals surface area contributed by atoms with Gasteiger partial charge in [-0.2, -0.15) is 0 Å². The van der Waals surface area contributed by atoms with Crippen molar-refractivity contribution in [2.75, 3.05) is 26.2 Å². The first-order valence-electron chi connectivity index (χ1n) is 5.90. The van der Waals surface area contributed by atoms with Gasteiger partial charge in [0.1, 0.15) is 0 Å². The molecule has 5 nitrogen and oxygen atoms in total. The summed E-state index contributed by atoms with van der Waals surface area (Å²) >= 11 is 0. The SMILES string of the molecule is CCC(O)CN(CC(O)CC)CC(O)CO. The van der Waals surface area contributed by atoms with Gasteiger partial charge in [0.2, 0.25) is 0 Å². The van der Waals surface area contributed by atoms with E-state index in [-0.39, 0.29) is 13.2 Å². The summed E-state index contributed by atoms with van der Waals surface area (Å²) in [7, 11) is 0. The maximum atomic E-state index is 9.53. The third kappa shape index (κ3) is 7.14. The van der Waals surface area contributed by atoms with E-state index in [2.05, 4.69) is 0 Å². The van der Waals surface area contributed by atoms with Gasteiger partial charge in [0.05, 0.1) is 24.9 Å². The lowest BCUT2D eigenvalue weighted by Crippen LogP contribution is -2.42. The van der Waals surface area contributed by atoms with Crippen LogP contribution in [-0.2, 0) is 0 Å². The van der Waals surface area contributed by atoms with Crippen LogP contribution in [0.2, 0.25) is 0 Å². The fourth-order valence-corrected chi connectivity index (χ4v) is 1.43. The van der Waals surface area contributed by atoms with Crippen LogP contribution >= 0.6 is 0 Å². The van der Waals surface area contributed by atoms with Crippen molar-refractivity contribution in [2.45, 2.75) is 45.0 Å². The van der Waals surface area contributed by atoms with Crippen molar-refractivity contribution in [1.82, 2.24) is 4.90 Å². The summed E-state index contributed by atoms with van der Waals surface area (Å²) < 4.78 is 0.